The Morgan fingerprint density at radius 2 is 1.66 bits per heavy atom. The third-order valence-electron chi connectivity index (χ3n) is 5.42. The standard InChI is InChI=1S/C23H35N3O2S/c1-3-16-26(17-4-2)22(28)19-11-13-20(14-12-19)24-23(29)25-21(27)15-10-18-8-6-5-7-9-18/h11-14,18H,3-10,15-17H2,1-2H3,(H2,24,25,27,29). The van der Waals surface area contributed by atoms with Crippen molar-refractivity contribution in [3.8, 4) is 0 Å². The normalized spacial score (nSPS) is 14.3. The van der Waals surface area contributed by atoms with Gasteiger partial charge >= 0.3 is 0 Å². The lowest BCUT2D eigenvalue weighted by Gasteiger charge is -2.21. The molecule has 0 radical (unpaired) electrons. The first-order valence-corrected chi connectivity index (χ1v) is 11.4. The zero-order valence-electron chi connectivity index (χ0n) is 17.8. The maximum Gasteiger partial charge on any atom is 0.253 e. The van der Waals surface area contributed by atoms with Crippen molar-refractivity contribution in [2.75, 3.05) is 18.4 Å². The summed E-state index contributed by atoms with van der Waals surface area (Å²) in [4.78, 5) is 26.7. The highest BCUT2D eigenvalue weighted by molar-refractivity contribution is 7.80. The van der Waals surface area contributed by atoms with E-state index in [1.165, 1.54) is 32.1 Å². The first-order valence-electron chi connectivity index (χ1n) is 11.0. The van der Waals surface area contributed by atoms with Crippen LogP contribution in [0.4, 0.5) is 5.69 Å². The molecule has 2 rings (SSSR count). The number of amides is 2. The second-order valence-corrected chi connectivity index (χ2v) is 8.32. The monoisotopic (exact) mass is 417 g/mol. The Morgan fingerprint density at radius 1 is 1.03 bits per heavy atom. The van der Waals surface area contributed by atoms with Crippen LogP contribution in [0.2, 0.25) is 0 Å². The largest absolute Gasteiger partial charge is 0.339 e. The topological polar surface area (TPSA) is 61.4 Å². The van der Waals surface area contributed by atoms with Crippen molar-refractivity contribution < 1.29 is 9.59 Å². The van der Waals surface area contributed by atoms with E-state index in [0.717, 1.165) is 38.0 Å². The summed E-state index contributed by atoms with van der Waals surface area (Å²) < 4.78 is 0. The van der Waals surface area contributed by atoms with Crippen molar-refractivity contribution in [1.82, 2.24) is 10.2 Å². The Labute approximate surface area is 180 Å². The van der Waals surface area contributed by atoms with Crippen LogP contribution in [0.15, 0.2) is 24.3 Å². The third kappa shape index (κ3) is 8.13. The molecule has 0 bridgehead atoms. The number of carbonyl (C=O) groups is 2. The zero-order chi connectivity index (χ0) is 21.1. The molecule has 2 amide bonds. The fourth-order valence-corrected chi connectivity index (χ4v) is 4.13. The van der Waals surface area contributed by atoms with Gasteiger partial charge in [0.1, 0.15) is 0 Å². The van der Waals surface area contributed by atoms with Gasteiger partial charge in [-0.3, -0.25) is 9.59 Å². The third-order valence-corrected chi connectivity index (χ3v) is 5.63. The van der Waals surface area contributed by atoms with Crippen molar-refractivity contribution in [1.29, 1.82) is 0 Å². The van der Waals surface area contributed by atoms with Crippen molar-refractivity contribution in [3.63, 3.8) is 0 Å². The van der Waals surface area contributed by atoms with Crippen LogP contribution >= 0.6 is 12.2 Å². The molecule has 2 N–H and O–H groups in total. The molecule has 1 fully saturated rings. The summed E-state index contributed by atoms with van der Waals surface area (Å²) in [5, 5.41) is 6.10. The molecule has 5 nitrogen and oxygen atoms in total. The Kier molecular flexibility index (Phi) is 10.1. The molecular formula is C23H35N3O2S. The molecule has 160 valence electrons. The molecule has 0 aromatic heterocycles. The molecular weight excluding hydrogens is 382 g/mol. The first-order chi connectivity index (χ1) is 14.0. The second-order valence-electron chi connectivity index (χ2n) is 7.91. The SMILES string of the molecule is CCCN(CCC)C(=O)c1ccc(NC(=S)NC(=O)CCC2CCCCC2)cc1. The van der Waals surface area contributed by atoms with Crippen molar-refractivity contribution in [2.45, 2.75) is 71.6 Å². The summed E-state index contributed by atoms with van der Waals surface area (Å²) in [5.74, 6) is 0.703. The lowest BCUT2D eigenvalue weighted by molar-refractivity contribution is -0.120. The number of hydrogen-bond donors (Lipinski definition) is 2. The molecule has 1 aliphatic carbocycles. The number of nitrogens with one attached hydrogen (secondary N) is 2. The van der Waals surface area contributed by atoms with Crippen LogP contribution in [0.3, 0.4) is 0 Å². The van der Waals surface area contributed by atoms with Crippen LogP contribution < -0.4 is 10.6 Å². The van der Waals surface area contributed by atoms with Crippen LogP contribution in [0.25, 0.3) is 0 Å². The van der Waals surface area contributed by atoms with Gasteiger partial charge in [-0.2, -0.15) is 0 Å². The van der Waals surface area contributed by atoms with E-state index in [4.69, 9.17) is 12.2 Å². The van der Waals surface area contributed by atoms with Crippen LogP contribution in [0.1, 0.15) is 82.0 Å². The van der Waals surface area contributed by atoms with Gasteiger partial charge in [-0.05, 0) is 61.7 Å². The molecule has 0 spiro atoms. The predicted octanol–water partition coefficient (Wildman–Crippen LogP) is 5.12. The summed E-state index contributed by atoms with van der Waals surface area (Å²) in [5.41, 5.74) is 1.43. The number of nitrogens with zero attached hydrogens (tertiary/aromatic N) is 1. The van der Waals surface area contributed by atoms with Gasteiger partial charge in [-0.15, -0.1) is 0 Å². The van der Waals surface area contributed by atoms with E-state index >= 15 is 0 Å². The number of rotatable bonds is 9. The number of benzene rings is 1. The number of hydrogen-bond acceptors (Lipinski definition) is 3. The quantitative estimate of drug-likeness (QED) is 0.547. The number of anilines is 1. The fraction of sp³-hybridized carbons (Fsp3) is 0.609. The molecule has 1 aromatic carbocycles. The molecule has 1 saturated carbocycles. The van der Waals surface area contributed by atoms with Crippen LogP contribution in [0.5, 0.6) is 0 Å². The summed E-state index contributed by atoms with van der Waals surface area (Å²) in [7, 11) is 0. The smallest absolute Gasteiger partial charge is 0.253 e. The minimum Gasteiger partial charge on any atom is -0.339 e. The molecule has 29 heavy (non-hydrogen) atoms. The lowest BCUT2D eigenvalue weighted by Crippen LogP contribution is -2.34. The van der Waals surface area contributed by atoms with Gasteiger partial charge < -0.3 is 15.5 Å². The van der Waals surface area contributed by atoms with Gasteiger partial charge in [0, 0.05) is 30.8 Å². The van der Waals surface area contributed by atoms with E-state index in [0.29, 0.717) is 23.0 Å². The molecule has 6 heteroatoms. The number of thiocarbonyl (C=S) groups is 1. The van der Waals surface area contributed by atoms with E-state index in [1.807, 2.05) is 17.0 Å². The molecule has 1 aliphatic rings. The first kappa shape index (κ1) is 23.3. The van der Waals surface area contributed by atoms with Gasteiger partial charge in [0.05, 0.1) is 0 Å². The molecule has 1 aromatic rings. The van der Waals surface area contributed by atoms with Crippen molar-refractivity contribution in [2.24, 2.45) is 5.92 Å². The Bertz CT molecular complexity index is 663. The molecule has 0 heterocycles. The average Bonchev–Trinajstić information content (AvgIpc) is 2.73. The minimum atomic E-state index is -0.0327. The minimum absolute atomic E-state index is 0.0327. The summed E-state index contributed by atoms with van der Waals surface area (Å²) in [6.45, 7) is 5.69. The van der Waals surface area contributed by atoms with E-state index in [-0.39, 0.29) is 11.8 Å². The van der Waals surface area contributed by atoms with Gasteiger partial charge in [-0.1, -0.05) is 46.0 Å². The Balaban J connectivity index is 1.79. The lowest BCUT2D eigenvalue weighted by atomic mass is 9.86. The van der Waals surface area contributed by atoms with Crippen LogP contribution in [0, 0.1) is 5.92 Å². The number of carbonyl (C=O) groups excluding carboxylic acids is 2. The summed E-state index contributed by atoms with van der Waals surface area (Å²) >= 11 is 5.26. The van der Waals surface area contributed by atoms with Gasteiger partial charge in [0.2, 0.25) is 5.91 Å². The van der Waals surface area contributed by atoms with Gasteiger partial charge in [0.15, 0.2) is 5.11 Å². The van der Waals surface area contributed by atoms with Gasteiger partial charge in [-0.25, -0.2) is 0 Å². The van der Waals surface area contributed by atoms with Gasteiger partial charge in [0.25, 0.3) is 5.91 Å². The summed E-state index contributed by atoms with van der Waals surface area (Å²) in [6, 6.07) is 7.25. The van der Waals surface area contributed by atoms with Crippen LogP contribution in [-0.2, 0) is 4.79 Å². The molecule has 0 atom stereocenters. The zero-order valence-corrected chi connectivity index (χ0v) is 18.7. The Hall–Kier alpha value is -1.95. The van der Waals surface area contributed by atoms with Crippen LogP contribution in [-0.4, -0.2) is 34.9 Å². The van der Waals surface area contributed by atoms with E-state index in [1.54, 1.807) is 12.1 Å². The molecule has 0 unspecified atom stereocenters. The molecule has 0 aliphatic heterocycles. The highest BCUT2D eigenvalue weighted by Crippen LogP contribution is 2.27. The maximum atomic E-state index is 12.6. The summed E-state index contributed by atoms with van der Waals surface area (Å²) in [6.07, 6.45) is 9.75. The second kappa shape index (κ2) is 12.6. The fourth-order valence-electron chi connectivity index (χ4n) is 3.90. The van der Waals surface area contributed by atoms with E-state index < -0.39 is 0 Å². The average molecular weight is 418 g/mol. The highest BCUT2D eigenvalue weighted by atomic mass is 32.1. The van der Waals surface area contributed by atoms with E-state index in [2.05, 4.69) is 24.5 Å². The maximum absolute atomic E-state index is 12.6. The van der Waals surface area contributed by atoms with E-state index in [9.17, 15) is 9.59 Å². The van der Waals surface area contributed by atoms with Crippen molar-refractivity contribution >= 4 is 34.8 Å². The Morgan fingerprint density at radius 3 is 2.24 bits per heavy atom. The van der Waals surface area contributed by atoms with Crippen molar-refractivity contribution in [3.05, 3.63) is 29.8 Å². The highest BCUT2D eigenvalue weighted by Gasteiger charge is 2.16. The predicted molar refractivity (Wildman–Crippen MR) is 123 cm³/mol. The molecule has 0 saturated heterocycles.